The first-order chi connectivity index (χ1) is 17.4. The van der Waals surface area contributed by atoms with Gasteiger partial charge in [0.1, 0.15) is 12.4 Å². The predicted molar refractivity (Wildman–Crippen MR) is 109 cm³/mol. The Morgan fingerprint density at radius 2 is 1.51 bits per heavy atom. The van der Waals surface area contributed by atoms with Crippen molar-refractivity contribution in [2.24, 2.45) is 0 Å². The van der Waals surface area contributed by atoms with E-state index >= 15 is 0 Å². The quantitative estimate of drug-likeness (QED) is 0.215. The van der Waals surface area contributed by atoms with Gasteiger partial charge in [-0.25, -0.2) is 31.8 Å². The number of hydrogen-bond acceptors (Lipinski definition) is 4. The van der Waals surface area contributed by atoms with Crippen molar-refractivity contribution in [3.05, 3.63) is 82.9 Å². The fourth-order valence-electron chi connectivity index (χ4n) is 3.42. The summed E-state index contributed by atoms with van der Waals surface area (Å²) >= 11 is 0. The van der Waals surface area contributed by atoms with Gasteiger partial charge in [0, 0.05) is 11.6 Å². The topological polar surface area (TPSA) is 67.9 Å². The van der Waals surface area contributed by atoms with Crippen LogP contribution in [0.15, 0.2) is 42.5 Å². The largest absolute Gasteiger partial charge is 0.482 e. The molecule has 0 atom stereocenters. The number of nitrogens with one attached hydrogen (secondary N) is 1. The molecule has 3 aromatic carbocycles. The van der Waals surface area contributed by atoms with Crippen molar-refractivity contribution in [3.63, 3.8) is 0 Å². The lowest BCUT2D eigenvalue weighted by Crippen LogP contribution is -2.53. The van der Waals surface area contributed by atoms with Crippen molar-refractivity contribution in [1.82, 2.24) is 5.48 Å². The van der Waals surface area contributed by atoms with E-state index < -0.39 is 81.9 Å². The zero-order valence-electron chi connectivity index (χ0n) is 18.1. The highest BCUT2D eigenvalue weighted by Crippen LogP contribution is 2.44. The van der Waals surface area contributed by atoms with Gasteiger partial charge in [0.2, 0.25) is 5.82 Å². The third kappa shape index (κ3) is 4.79. The molecule has 37 heavy (non-hydrogen) atoms. The van der Waals surface area contributed by atoms with Crippen LogP contribution >= 0.6 is 0 Å². The molecule has 0 radical (unpaired) electrons. The second-order valence-corrected chi connectivity index (χ2v) is 7.55. The van der Waals surface area contributed by atoms with Gasteiger partial charge in [-0.1, -0.05) is 30.3 Å². The molecular formula is C23H12F8N2O4. The Hall–Kier alpha value is -4.20. The van der Waals surface area contributed by atoms with Gasteiger partial charge in [-0.2, -0.15) is 8.78 Å². The first-order valence-electron chi connectivity index (χ1n) is 10.1. The number of rotatable bonds is 6. The highest BCUT2D eigenvalue weighted by Gasteiger charge is 2.51. The number of alkyl halides is 2. The number of fused-ring (bicyclic) bond motifs is 1. The maximum Gasteiger partial charge on any atom is 0.482 e. The van der Waals surface area contributed by atoms with Crippen molar-refractivity contribution in [3.8, 4) is 16.9 Å². The van der Waals surface area contributed by atoms with Crippen LogP contribution in [0.2, 0.25) is 0 Å². The first-order valence-corrected chi connectivity index (χ1v) is 10.1. The van der Waals surface area contributed by atoms with Gasteiger partial charge in [-0.15, -0.1) is 0 Å². The highest BCUT2D eigenvalue weighted by atomic mass is 19.3. The summed E-state index contributed by atoms with van der Waals surface area (Å²) < 4.78 is 116. The molecule has 14 heteroatoms. The van der Waals surface area contributed by atoms with E-state index in [-0.39, 0.29) is 17.6 Å². The van der Waals surface area contributed by atoms with Crippen LogP contribution in [-0.4, -0.2) is 24.5 Å². The summed E-state index contributed by atoms with van der Waals surface area (Å²) in [6.07, 6.45) is -4.59. The fraction of sp³-hybridized carbons (Fsp3) is 0.130. The lowest BCUT2D eigenvalue weighted by atomic mass is 10.0. The Morgan fingerprint density at radius 1 is 0.919 bits per heavy atom. The Morgan fingerprint density at radius 3 is 2.14 bits per heavy atom. The van der Waals surface area contributed by atoms with Crippen LogP contribution in [0.4, 0.5) is 40.8 Å². The molecule has 0 saturated carbocycles. The molecule has 1 heterocycles. The molecule has 0 unspecified atom stereocenters. The lowest BCUT2D eigenvalue weighted by molar-refractivity contribution is -0.193. The smallest absolute Gasteiger partial charge is 0.423 e. The molecule has 0 spiro atoms. The molecule has 0 aromatic heterocycles. The van der Waals surface area contributed by atoms with Crippen LogP contribution < -0.4 is 15.1 Å². The summed E-state index contributed by atoms with van der Waals surface area (Å²) in [6.45, 7) is -1.33. The van der Waals surface area contributed by atoms with Gasteiger partial charge in [0.05, 0.1) is 17.9 Å². The Labute approximate surface area is 202 Å². The average molecular weight is 532 g/mol. The minimum atomic E-state index is -4.59. The fourth-order valence-corrected chi connectivity index (χ4v) is 3.42. The van der Waals surface area contributed by atoms with E-state index in [1.54, 1.807) is 30.3 Å². The standard InChI is InChI=1S/C23H12F8N2O4/c24-12-7-14-13(6-11(12)16-17(25)19(27)21(29)20(28)18(16)26)33(22(35)23(30,31)37-14)8-15(34)32-36-9-10-4-2-1-3-5-10/h1-7H,8-9H2,(H,32,34). The number of nitrogens with zero attached hydrogens (tertiary/aromatic N) is 1. The van der Waals surface area contributed by atoms with E-state index in [1.807, 2.05) is 5.48 Å². The van der Waals surface area contributed by atoms with Gasteiger partial charge < -0.3 is 4.74 Å². The minimum absolute atomic E-state index is 0.0784. The second-order valence-electron chi connectivity index (χ2n) is 7.55. The van der Waals surface area contributed by atoms with Gasteiger partial charge in [0.25, 0.3) is 5.91 Å². The van der Waals surface area contributed by atoms with E-state index in [9.17, 15) is 44.7 Å². The van der Waals surface area contributed by atoms with Crippen LogP contribution in [0.3, 0.4) is 0 Å². The number of hydrogen-bond donors (Lipinski definition) is 1. The van der Waals surface area contributed by atoms with E-state index in [4.69, 9.17) is 4.84 Å². The van der Waals surface area contributed by atoms with E-state index in [1.165, 1.54) is 0 Å². The molecule has 4 rings (SSSR count). The van der Waals surface area contributed by atoms with Gasteiger partial charge in [0.15, 0.2) is 29.0 Å². The van der Waals surface area contributed by atoms with Gasteiger partial charge in [-0.05, 0) is 11.6 Å². The average Bonchev–Trinajstić information content (AvgIpc) is 2.85. The molecular weight excluding hydrogens is 520 g/mol. The first kappa shape index (κ1) is 25.9. The monoisotopic (exact) mass is 532 g/mol. The van der Waals surface area contributed by atoms with E-state index in [2.05, 4.69) is 4.74 Å². The van der Waals surface area contributed by atoms with Crippen molar-refractivity contribution < 1.29 is 54.3 Å². The summed E-state index contributed by atoms with van der Waals surface area (Å²) in [5.41, 5.74) is -1.30. The number of carbonyl (C=O) groups is 2. The number of amides is 2. The summed E-state index contributed by atoms with van der Waals surface area (Å²) in [7, 11) is 0. The molecule has 194 valence electrons. The number of ether oxygens (including phenoxy) is 1. The summed E-state index contributed by atoms with van der Waals surface area (Å²) in [6, 6.07) is 8.84. The second kappa shape index (κ2) is 9.69. The molecule has 0 aliphatic carbocycles. The number of anilines is 1. The maximum atomic E-state index is 14.7. The summed E-state index contributed by atoms with van der Waals surface area (Å²) in [4.78, 5) is 29.6. The lowest BCUT2D eigenvalue weighted by Gasteiger charge is -2.33. The normalized spacial score (nSPS) is 14.3. The Bertz CT molecular complexity index is 1370. The predicted octanol–water partition coefficient (Wildman–Crippen LogP) is 4.75. The van der Waals surface area contributed by atoms with Crippen LogP contribution in [-0.2, 0) is 21.0 Å². The van der Waals surface area contributed by atoms with Crippen LogP contribution in [0.1, 0.15) is 5.56 Å². The molecule has 2 amide bonds. The maximum absolute atomic E-state index is 14.7. The third-order valence-corrected chi connectivity index (χ3v) is 5.12. The third-order valence-electron chi connectivity index (χ3n) is 5.12. The molecule has 0 saturated heterocycles. The number of hydroxylamine groups is 1. The number of carbonyl (C=O) groups excluding carboxylic acids is 2. The van der Waals surface area contributed by atoms with Crippen LogP contribution in [0.25, 0.3) is 11.1 Å². The van der Waals surface area contributed by atoms with Crippen LogP contribution in [0, 0.1) is 34.9 Å². The molecule has 0 bridgehead atoms. The molecule has 3 aromatic rings. The molecule has 1 aliphatic rings. The molecule has 6 nitrogen and oxygen atoms in total. The van der Waals surface area contributed by atoms with Crippen molar-refractivity contribution in [2.45, 2.75) is 12.7 Å². The highest BCUT2D eigenvalue weighted by molar-refractivity contribution is 6.05. The Kier molecular flexibility index (Phi) is 6.78. The molecule has 0 fully saturated rings. The Balaban J connectivity index is 1.69. The summed E-state index contributed by atoms with van der Waals surface area (Å²) in [5.74, 6) is -18.2. The van der Waals surface area contributed by atoms with Crippen molar-refractivity contribution in [1.29, 1.82) is 0 Å². The van der Waals surface area contributed by atoms with Gasteiger partial charge in [-0.3, -0.25) is 19.3 Å². The summed E-state index contributed by atoms with van der Waals surface area (Å²) in [5, 5.41) is 0. The van der Waals surface area contributed by atoms with Gasteiger partial charge >= 0.3 is 12.0 Å². The molecule has 1 aliphatic heterocycles. The number of halogens is 8. The van der Waals surface area contributed by atoms with Crippen LogP contribution in [0.5, 0.6) is 5.75 Å². The SMILES string of the molecule is O=C(CN1C(=O)C(F)(F)Oc2cc(F)c(-c3c(F)c(F)c(F)c(F)c3F)cc21)NOCc1ccccc1. The molecule has 1 N–H and O–H groups in total. The van der Waals surface area contributed by atoms with E-state index in [0.29, 0.717) is 11.6 Å². The minimum Gasteiger partial charge on any atom is -0.423 e. The van der Waals surface area contributed by atoms with Crippen molar-refractivity contribution >= 4 is 17.5 Å². The van der Waals surface area contributed by atoms with E-state index in [0.717, 1.165) is 0 Å². The zero-order chi connectivity index (χ0) is 27.1. The number of benzene rings is 3. The van der Waals surface area contributed by atoms with Crippen molar-refractivity contribution in [2.75, 3.05) is 11.4 Å². The zero-order valence-corrected chi connectivity index (χ0v) is 18.1.